The second-order valence-electron chi connectivity index (χ2n) is 7.40. The van der Waals surface area contributed by atoms with Gasteiger partial charge in [-0.25, -0.2) is 9.97 Å². The molecule has 0 N–H and O–H groups in total. The SMILES string of the molecule is c1cncc(-c2nc(N3CCCCCC3)c3c4c(sc3n2)CCCC4)c1. The summed E-state index contributed by atoms with van der Waals surface area (Å²) < 4.78 is 0. The maximum atomic E-state index is 5.10. The summed E-state index contributed by atoms with van der Waals surface area (Å²) in [5.74, 6) is 2.00. The van der Waals surface area contributed by atoms with E-state index < -0.39 is 0 Å². The number of aromatic nitrogens is 3. The lowest BCUT2D eigenvalue weighted by Crippen LogP contribution is -2.25. The van der Waals surface area contributed by atoms with Crippen molar-refractivity contribution in [3.63, 3.8) is 0 Å². The van der Waals surface area contributed by atoms with Crippen molar-refractivity contribution < 1.29 is 0 Å². The highest BCUT2D eigenvalue weighted by Gasteiger charge is 2.24. The zero-order valence-electron chi connectivity index (χ0n) is 15.1. The van der Waals surface area contributed by atoms with Crippen LogP contribution < -0.4 is 4.90 Å². The van der Waals surface area contributed by atoms with Gasteiger partial charge in [-0.2, -0.15) is 0 Å². The van der Waals surface area contributed by atoms with Gasteiger partial charge in [0, 0.05) is 35.9 Å². The molecule has 5 heteroatoms. The van der Waals surface area contributed by atoms with E-state index >= 15 is 0 Å². The Hall–Kier alpha value is -2.01. The number of pyridine rings is 1. The molecule has 3 aromatic rings. The third kappa shape index (κ3) is 2.88. The molecule has 5 rings (SSSR count). The summed E-state index contributed by atoms with van der Waals surface area (Å²) in [4.78, 5) is 19.6. The van der Waals surface area contributed by atoms with Crippen LogP contribution in [0, 0.1) is 0 Å². The van der Waals surface area contributed by atoms with Gasteiger partial charge in [0.25, 0.3) is 0 Å². The maximum absolute atomic E-state index is 5.10. The summed E-state index contributed by atoms with van der Waals surface area (Å²) in [6.45, 7) is 2.23. The molecule has 0 bridgehead atoms. The quantitative estimate of drug-likeness (QED) is 0.641. The van der Waals surface area contributed by atoms with E-state index in [0.29, 0.717) is 0 Å². The van der Waals surface area contributed by atoms with Crippen LogP contribution >= 0.6 is 11.3 Å². The summed E-state index contributed by atoms with van der Waals surface area (Å²) in [5, 5.41) is 1.35. The molecular formula is C21H24N4S. The van der Waals surface area contributed by atoms with Crippen LogP contribution in [0.25, 0.3) is 21.6 Å². The first kappa shape index (κ1) is 16.2. The number of aryl methyl sites for hydroxylation is 2. The minimum atomic E-state index is 0.823. The van der Waals surface area contributed by atoms with Crippen molar-refractivity contribution >= 4 is 27.4 Å². The van der Waals surface area contributed by atoms with Crippen LogP contribution in [0.3, 0.4) is 0 Å². The van der Waals surface area contributed by atoms with E-state index in [2.05, 4.69) is 16.0 Å². The van der Waals surface area contributed by atoms with E-state index in [1.165, 1.54) is 73.0 Å². The average molecular weight is 365 g/mol. The second kappa shape index (κ2) is 6.95. The lowest BCUT2D eigenvalue weighted by Gasteiger charge is -2.24. The third-order valence-electron chi connectivity index (χ3n) is 5.62. The van der Waals surface area contributed by atoms with Gasteiger partial charge in [0.05, 0.1) is 5.39 Å². The molecule has 0 radical (unpaired) electrons. The molecule has 134 valence electrons. The summed E-state index contributed by atoms with van der Waals surface area (Å²) in [6.07, 6.45) is 13.9. The molecule has 3 aromatic heterocycles. The molecule has 2 aliphatic rings. The fourth-order valence-corrected chi connectivity index (χ4v) is 5.53. The monoisotopic (exact) mass is 364 g/mol. The standard InChI is InChI=1S/C21H24N4S/c1-2-6-13-25(12-5-1)20-18-16-9-3-4-10-17(16)26-21(18)24-19(23-20)15-8-7-11-22-14-15/h7-8,11,14H,1-6,9-10,12-13H2. The van der Waals surface area contributed by atoms with Crippen LogP contribution in [0.5, 0.6) is 0 Å². The molecule has 1 aliphatic heterocycles. The lowest BCUT2D eigenvalue weighted by molar-refractivity contribution is 0.699. The van der Waals surface area contributed by atoms with E-state index in [1.54, 1.807) is 4.88 Å². The van der Waals surface area contributed by atoms with Crippen molar-refractivity contribution in [2.24, 2.45) is 0 Å². The van der Waals surface area contributed by atoms with Crippen molar-refractivity contribution in [2.45, 2.75) is 51.4 Å². The minimum absolute atomic E-state index is 0.823. The summed E-state index contributed by atoms with van der Waals surface area (Å²) >= 11 is 1.89. The van der Waals surface area contributed by atoms with Gasteiger partial charge in [0.15, 0.2) is 5.82 Å². The van der Waals surface area contributed by atoms with Crippen LogP contribution in [0.15, 0.2) is 24.5 Å². The fourth-order valence-electron chi connectivity index (χ4n) is 4.27. The molecule has 1 saturated heterocycles. The Morgan fingerprint density at radius 3 is 2.58 bits per heavy atom. The Balaban J connectivity index is 1.71. The Morgan fingerprint density at radius 2 is 1.77 bits per heavy atom. The van der Waals surface area contributed by atoms with Crippen LogP contribution in [0.2, 0.25) is 0 Å². The highest BCUT2D eigenvalue weighted by atomic mass is 32.1. The number of rotatable bonds is 2. The molecule has 0 aromatic carbocycles. The van der Waals surface area contributed by atoms with Gasteiger partial charge < -0.3 is 4.90 Å². The predicted octanol–water partition coefficient (Wildman–Crippen LogP) is 5.01. The van der Waals surface area contributed by atoms with Crippen molar-refractivity contribution in [3.8, 4) is 11.4 Å². The molecule has 0 spiro atoms. The molecular weight excluding hydrogens is 340 g/mol. The molecule has 0 saturated carbocycles. The Labute approximate surface area is 158 Å². The Morgan fingerprint density at radius 1 is 0.923 bits per heavy atom. The van der Waals surface area contributed by atoms with Crippen molar-refractivity contribution in [2.75, 3.05) is 18.0 Å². The van der Waals surface area contributed by atoms with Crippen LogP contribution in [0.4, 0.5) is 5.82 Å². The van der Waals surface area contributed by atoms with E-state index in [0.717, 1.165) is 24.5 Å². The lowest BCUT2D eigenvalue weighted by atomic mass is 9.97. The van der Waals surface area contributed by atoms with Gasteiger partial charge in [-0.3, -0.25) is 4.98 Å². The van der Waals surface area contributed by atoms with Crippen LogP contribution in [-0.4, -0.2) is 28.0 Å². The normalized spacial score (nSPS) is 17.9. The number of fused-ring (bicyclic) bond motifs is 3. The first-order valence-electron chi connectivity index (χ1n) is 9.88. The van der Waals surface area contributed by atoms with Crippen molar-refractivity contribution in [1.82, 2.24) is 15.0 Å². The van der Waals surface area contributed by atoms with Gasteiger partial charge in [-0.1, -0.05) is 12.8 Å². The van der Waals surface area contributed by atoms with Gasteiger partial charge in [-0.05, 0) is 56.2 Å². The predicted molar refractivity (Wildman–Crippen MR) is 108 cm³/mol. The second-order valence-corrected chi connectivity index (χ2v) is 8.49. The molecule has 1 aliphatic carbocycles. The molecule has 0 unspecified atom stereocenters. The number of anilines is 1. The van der Waals surface area contributed by atoms with Gasteiger partial charge >= 0.3 is 0 Å². The van der Waals surface area contributed by atoms with Crippen LogP contribution in [-0.2, 0) is 12.8 Å². The molecule has 26 heavy (non-hydrogen) atoms. The topological polar surface area (TPSA) is 41.9 Å². The number of hydrogen-bond acceptors (Lipinski definition) is 5. The highest BCUT2D eigenvalue weighted by Crippen LogP contribution is 2.41. The number of thiophene rings is 1. The zero-order valence-corrected chi connectivity index (χ0v) is 15.9. The first-order chi connectivity index (χ1) is 12.9. The van der Waals surface area contributed by atoms with E-state index in [1.807, 2.05) is 29.8 Å². The smallest absolute Gasteiger partial charge is 0.164 e. The van der Waals surface area contributed by atoms with Gasteiger partial charge in [0.1, 0.15) is 10.6 Å². The van der Waals surface area contributed by atoms with Gasteiger partial charge in [-0.15, -0.1) is 11.3 Å². The maximum Gasteiger partial charge on any atom is 0.164 e. The summed E-state index contributed by atoms with van der Waals surface area (Å²) in [5.41, 5.74) is 2.55. The molecule has 1 fully saturated rings. The number of hydrogen-bond donors (Lipinski definition) is 0. The Bertz CT molecular complexity index is 911. The number of nitrogens with zero attached hydrogens (tertiary/aromatic N) is 4. The fraction of sp³-hybridized carbons (Fsp3) is 0.476. The summed E-state index contributed by atoms with van der Waals surface area (Å²) in [7, 11) is 0. The molecule has 4 heterocycles. The highest BCUT2D eigenvalue weighted by molar-refractivity contribution is 7.19. The Kier molecular flexibility index (Phi) is 4.33. The van der Waals surface area contributed by atoms with Crippen molar-refractivity contribution in [1.29, 1.82) is 0 Å². The van der Waals surface area contributed by atoms with Crippen LogP contribution in [0.1, 0.15) is 49.0 Å². The van der Waals surface area contributed by atoms with E-state index in [9.17, 15) is 0 Å². The average Bonchev–Trinajstić information content (AvgIpc) is 2.87. The summed E-state index contributed by atoms with van der Waals surface area (Å²) in [6, 6.07) is 4.03. The van der Waals surface area contributed by atoms with E-state index in [4.69, 9.17) is 9.97 Å². The van der Waals surface area contributed by atoms with E-state index in [-0.39, 0.29) is 0 Å². The largest absolute Gasteiger partial charge is 0.356 e. The first-order valence-corrected chi connectivity index (χ1v) is 10.7. The molecule has 0 atom stereocenters. The minimum Gasteiger partial charge on any atom is -0.356 e. The van der Waals surface area contributed by atoms with Crippen molar-refractivity contribution in [3.05, 3.63) is 35.0 Å². The third-order valence-corrected chi connectivity index (χ3v) is 6.81. The molecule has 0 amide bonds. The molecule has 4 nitrogen and oxygen atoms in total. The zero-order chi connectivity index (χ0) is 17.3. The van der Waals surface area contributed by atoms with Gasteiger partial charge in [0.2, 0.25) is 0 Å².